The predicted octanol–water partition coefficient (Wildman–Crippen LogP) is 5.63. The van der Waals surface area contributed by atoms with Crippen LogP contribution in [0.25, 0.3) is 0 Å². The number of hydrogen-bond donors (Lipinski definition) is 0. The summed E-state index contributed by atoms with van der Waals surface area (Å²) in [6, 6.07) is 15.9. The molecule has 0 radical (unpaired) electrons. The molecule has 3 heteroatoms. The molecule has 2 rings (SSSR count). The third kappa shape index (κ3) is 3.48. The standard InChI is InChI=1S/C14H11BrCl2/c15-13-7-6-11(16)9-12(13)14(17)8-10-4-2-1-3-5-10/h1-7,9,14H,8H2. The van der Waals surface area contributed by atoms with Crippen LogP contribution in [0.4, 0.5) is 0 Å². The zero-order valence-corrected chi connectivity index (χ0v) is 12.1. The van der Waals surface area contributed by atoms with Gasteiger partial charge in [0, 0.05) is 9.50 Å². The van der Waals surface area contributed by atoms with Gasteiger partial charge >= 0.3 is 0 Å². The normalized spacial score (nSPS) is 12.4. The first-order valence-corrected chi connectivity index (χ1v) is 6.90. The van der Waals surface area contributed by atoms with Gasteiger partial charge in [-0.2, -0.15) is 0 Å². The molecule has 0 heterocycles. The lowest BCUT2D eigenvalue weighted by Crippen LogP contribution is -1.97. The molecule has 0 aliphatic rings. The molecule has 88 valence electrons. The average molecular weight is 330 g/mol. The highest BCUT2D eigenvalue weighted by Crippen LogP contribution is 2.32. The Balaban J connectivity index is 2.20. The lowest BCUT2D eigenvalue weighted by molar-refractivity contribution is 0.915. The first kappa shape index (κ1) is 12.9. The Hall–Kier alpha value is -0.500. The molecule has 0 bridgehead atoms. The largest absolute Gasteiger partial charge is 0.117 e. The van der Waals surface area contributed by atoms with E-state index in [1.54, 1.807) is 0 Å². The molecule has 17 heavy (non-hydrogen) atoms. The van der Waals surface area contributed by atoms with E-state index >= 15 is 0 Å². The van der Waals surface area contributed by atoms with Crippen LogP contribution < -0.4 is 0 Å². The molecule has 0 amide bonds. The molecule has 1 unspecified atom stereocenters. The van der Waals surface area contributed by atoms with Gasteiger partial charge in [0.2, 0.25) is 0 Å². The molecule has 0 N–H and O–H groups in total. The third-order valence-corrected chi connectivity index (χ3v) is 3.90. The molecule has 0 nitrogen and oxygen atoms in total. The van der Waals surface area contributed by atoms with Gasteiger partial charge in [-0.25, -0.2) is 0 Å². The minimum atomic E-state index is -0.0783. The summed E-state index contributed by atoms with van der Waals surface area (Å²) in [6.45, 7) is 0. The molecule has 1 atom stereocenters. The van der Waals surface area contributed by atoms with Crippen molar-refractivity contribution in [1.82, 2.24) is 0 Å². The molecule has 0 saturated heterocycles. The number of alkyl halides is 1. The first-order valence-electron chi connectivity index (χ1n) is 5.30. The van der Waals surface area contributed by atoms with Crippen LogP contribution in [0, 0.1) is 0 Å². The van der Waals surface area contributed by atoms with Crippen molar-refractivity contribution in [3.05, 3.63) is 69.2 Å². The summed E-state index contributed by atoms with van der Waals surface area (Å²) >= 11 is 15.9. The van der Waals surface area contributed by atoms with E-state index in [2.05, 4.69) is 28.1 Å². The van der Waals surface area contributed by atoms with E-state index in [0.717, 1.165) is 16.5 Å². The van der Waals surface area contributed by atoms with Crippen molar-refractivity contribution >= 4 is 39.1 Å². The highest BCUT2D eigenvalue weighted by atomic mass is 79.9. The van der Waals surface area contributed by atoms with E-state index in [9.17, 15) is 0 Å². The summed E-state index contributed by atoms with van der Waals surface area (Å²) in [5, 5.41) is 0.632. The number of halogens is 3. The van der Waals surface area contributed by atoms with Gasteiger partial charge in [-0.05, 0) is 35.7 Å². The van der Waals surface area contributed by atoms with E-state index in [-0.39, 0.29) is 5.38 Å². The molecule has 0 aliphatic carbocycles. The maximum atomic E-state index is 6.43. The fourth-order valence-electron chi connectivity index (χ4n) is 1.69. The second-order valence-electron chi connectivity index (χ2n) is 3.82. The predicted molar refractivity (Wildman–Crippen MR) is 77.9 cm³/mol. The third-order valence-electron chi connectivity index (χ3n) is 2.55. The highest BCUT2D eigenvalue weighted by Gasteiger charge is 2.12. The highest BCUT2D eigenvalue weighted by molar-refractivity contribution is 9.10. The topological polar surface area (TPSA) is 0 Å². The first-order chi connectivity index (χ1) is 8.16. The van der Waals surface area contributed by atoms with Gasteiger partial charge in [-0.3, -0.25) is 0 Å². The van der Waals surface area contributed by atoms with Crippen molar-refractivity contribution in [2.75, 3.05) is 0 Å². The van der Waals surface area contributed by atoms with Crippen molar-refractivity contribution in [2.45, 2.75) is 11.8 Å². The summed E-state index contributed by atoms with van der Waals surface area (Å²) in [7, 11) is 0. The van der Waals surface area contributed by atoms with Crippen LogP contribution in [0.15, 0.2) is 53.0 Å². The number of rotatable bonds is 3. The number of benzene rings is 2. The van der Waals surface area contributed by atoms with Crippen LogP contribution in [-0.4, -0.2) is 0 Å². The average Bonchev–Trinajstić information content (AvgIpc) is 2.33. The van der Waals surface area contributed by atoms with E-state index in [0.29, 0.717) is 5.02 Å². The number of hydrogen-bond acceptors (Lipinski definition) is 0. The summed E-state index contributed by atoms with van der Waals surface area (Å²) in [5.41, 5.74) is 2.25. The molecule has 0 aromatic heterocycles. The monoisotopic (exact) mass is 328 g/mol. The van der Waals surface area contributed by atoms with Gasteiger partial charge in [0.05, 0.1) is 5.38 Å². The summed E-state index contributed by atoms with van der Waals surface area (Å²) in [5.74, 6) is 0. The zero-order chi connectivity index (χ0) is 12.3. The SMILES string of the molecule is Clc1ccc(Br)c(C(Cl)Cc2ccccc2)c1. The Morgan fingerprint density at radius 3 is 2.47 bits per heavy atom. The van der Waals surface area contributed by atoms with Crippen LogP contribution >= 0.6 is 39.1 Å². The Morgan fingerprint density at radius 1 is 1.06 bits per heavy atom. The quantitative estimate of drug-likeness (QED) is 0.640. The van der Waals surface area contributed by atoms with Crippen LogP contribution in [-0.2, 0) is 6.42 Å². The second kappa shape index (κ2) is 5.90. The van der Waals surface area contributed by atoms with Crippen LogP contribution in [0.1, 0.15) is 16.5 Å². The summed E-state index contributed by atoms with van der Waals surface area (Å²) in [4.78, 5) is 0. The molecule has 2 aromatic carbocycles. The molecule has 0 saturated carbocycles. The lowest BCUT2D eigenvalue weighted by atomic mass is 10.0. The van der Waals surface area contributed by atoms with E-state index in [1.807, 2.05) is 36.4 Å². The van der Waals surface area contributed by atoms with Gasteiger partial charge in [0.25, 0.3) is 0 Å². The van der Waals surface area contributed by atoms with E-state index < -0.39 is 0 Å². The van der Waals surface area contributed by atoms with Gasteiger partial charge < -0.3 is 0 Å². The van der Waals surface area contributed by atoms with Crippen molar-refractivity contribution in [2.24, 2.45) is 0 Å². The maximum Gasteiger partial charge on any atom is 0.0637 e. The second-order valence-corrected chi connectivity index (χ2v) is 5.64. The molecule has 0 fully saturated rings. The maximum absolute atomic E-state index is 6.43. The molecular weight excluding hydrogens is 319 g/mol. The van der Waals surface area contributed by atoms with Gasteiger partial charge in [0.1, 0.15) is 0 Å². The summed E-state index contributed by atoms with van der Waals surface area (Å²) in [6.07, 6.45) is 0.793. The van der Waals surface area contributed by atoms with Crippen LogP contribution in [0.2, 0.25) is 5.02 Å². The molecular formula is C14H11BrCl2. The van der Waals surface area contributed by atoms with E-state index in [1.165, 1.54) is 5.56 Å². The van der Waals surface area contributed by atoms with Crippen molar-refractivity contribution < 1.29 is 0 Å². The Kier molecular flexibility index (Phi) is 4.49. The summed E-state index contributed by atoms with van der Waals surface area (Å²) < 4.78 is 0.998. The zero-order valence-electron chi connectivity index (χ0n) is 9.04. The van der Waals surface area contributed by atoms with Crippen LogP contribution in [0.5, 0.6) is 0 Å². The Labute approximate surface area is 120 Å². The van der Waals surface area contributed by atoms with Crippen molar-refractivity contribution in [1.29, 1.82) is 0 Å². The van der Waals surface area contributed by atoms with Crippen molar-refractivity contribution in [3.63, 3.8) is 0 Å². The minimum Gasteiger partial charge on any atom is -0.117 e. The van der Waals surface area contributed by atoms with Gasteiger partial charge in [0.15, 0.2) is 0 Å². The van der Waals surface area contributed by atoms with Gasteiger partial charge in [-0.15, -0.1) is 11.6 Å². The van der Waals surface area contributed by atoms with Gasteiger partial charge in [-0.1, -0.05) is 57.9 Å². The van der Waals surface area contributed by atoms with Crippen molar-refractivity contribution in [3.8, 4) is 0 Å². The fourth-order valence-corrected chi connectivity index (χ4v) is 2.88. The lowest BCUT2D eigenvalue weighted by Gasteiger charge is -2.12. The smallest absolute Gasteiger partial charge is 0.0637 e. The fraction of sp³-hybridized carbons (Fsp3) is 0.143. The molecule has 0 aliphatic heterocycles. The Morgan fingerprint density at radius 2 is 1.76 bits per heavy atom. The molecule has 0 spiro atoms. The van der Waals surface area contributed by atoms with Crippen LogP contribution in [0.3, 0.4) is 0 Å². The Bertz CT molecular complexity index is 497. The van der Waals surface area contributed by atoms with E-state index in [4.69, 9.17) is 23.2 Å². The molecule has 2 aromatic rings. The minimum absolute atomic E-state index is 0.0783.